The third-order valence-corrected chi connectivity index (χ3v) is 8.54. The highest BCUT2D eigenvalue weighted by molar-refractivity contribution is 8.00. The molecule has 0 radical (unpaired) electrons. The first-order chi connectivity index (χ1) is 15.7. The number of nitro groups is 2. The van der Waals surface area contributed by atoms with Crippen molar-refractivity contribution in [3.63, 3.8) is 0 Å². The van der Waals surface area contributed by atoms with Crippen LogP contribution in [-0.2, 0) is 0 Å². The number of rotatable bonds is 7. The number of para-hydroxylation sites is 1. The molecule has 1 aliphatic carbocycles. The zero-order valence-corrected chi connectivity index (χ0v) is 19.2. The first-order valence-corrected chi connectivity index (χ1v) is 11.9. The molecular weight excluding hydrogens is 470 g/mol. The van der Waals surface area contributed by atoms with Crippen LogP contribution < -0.4 is 10.4 Å². The summed E-state index contributed by atoms with van der Waals surface area (Å²) in [6, 6.07) is 8.66. The van der Waals surface area contributed by atoms with Gasteiger partial charge in [0.25, 0.3) is 11.4 Å². The molecule has 1 fully saturated rings. The van der Waals surface area contributed by atoms with Crippen molar-refractivity contribution in [1.29, 1.82) is 0 Å². The average Bonchev–Trinajstić information content (AvgIpc) is 3.09. The maximum absolute atomic E-state index is 11.8. The molecule has 174 valence electrons. The number of nitrogens with zero attached hydrogens (tertiary/aromatic N) is 2. The number of thioether (sulfide) groups is 1. The SMILES string of the molecule is CCC[C@@H]1Nc2c(C(=O)[O-])ccc([N+](=O)[O-])c2[C@@H]2[C@@H](Cl)[C@@H](Sc3ccccc3[N+](=O)[O-])C[C@H]21. The zero-order valence-electron chi connectivity index (χ0n) is 17.6. The van der Waals surface area contributed by atoms with E-state index >= 15 is 0 Å². The Hall–Kier alpha value is -2.85. The van der Waals surface area contributed by atoms with Crippen LogP contribution in [0, 0.1) is 26.1 Å². The van der Waals surface area contributed by atoms with Crippen molar-refractivity contribution in [2.75, 3.05) is 5.32 Å². The molecule has 0 spiro atoms. The number of carboxylic acid groups (broad SMARTS) is 1. The van der Waals surface area contributed by atoms with Crippen molar-refractivity contribution in [2.45, 2.75) is 53.7 Å². The van der Waals surface area contributed by atoms with Crippen LogP contribution in [0.5, 0.6) is 0 Å². The minimum absolute atomic E-state index is 0.0184. The highest BCUT2D eigenvalue weighted by Crippen LogP contribution is 2.57. The number of carboxylic acids is 1. The molecule has 11 heteroatoms. The summed E-state index contributed by atoms with van der Waals surface area (Å²) < 4.78 is 0. The second-order valence-electron chi connectivity index (χ2n) is 8.26. The van der Waals surface area contributed by atoms with Crippen LogP contribution in [0.4, 0.5) is 17.1 Å². The molecule has 1 aliphatic heterocycles. The summed E-state index contributed by atoms with van der Waals surface area (Å²) in [5.74, 6) is -1.98. The number of benzene rings is 2. The van der Waals surface area contributed by atoms with E-state index in [0.717, 1.165) is 12.8 Å². The van der Waals surface area contributed by atoms with Crippen molar-refractivity contribution in [2.24, 2.45) is 5.92 Å². The fourth-order valence-electron chi connectivity index (χ4n) is 5.10. The predicted molar refractivity (Wildman–Crippen MR) is 123 cm³/mol. The molecule has 9 nitrogen and oxygen atoms in total. The largest absolute Gasteiger partial charge is 0.545 e. The van der Waals surface area contributed by atoms with Gasteiger partial charge in [-0.25, -0.2) is 0 Å². The van der Waals surface area contributed by atoms with E-state index in [-0.39, 0.29) is 45.4 Å². The van der Waals surface area contributed by atoms with E-state index in [4.69, 9.17) is 11.6 Å². The zero-order chi connectivity index (χ0) is 23.9. The lowest BCUT2D eigenvalue weighted by molar-refractivity contribution is -0.387. The Morgan fingerprint density at radius 2 is 1.85 bits per heavy atom. The van der Waals surface area contributed by atoms with Gasteiger partial charge in [0.05, 0.1) is 37.3 Å². The van der Waals surface area contributed by atoms with Gasteiger partial charge in [0, 0.05) is 34.9 Å². The Bertz CT molecular complexity index is 1130. The number of hydrogen-bond donors (Lipinski definition) is 1. The number of fused-ring (bicyclic) bond motifs is 3. The maximum atomic E-state index is 11.8. The Morgan fingerprint density at radius 3 is 2.48 bits per heavy atom. The van der Waals surface area contributed by atoms with E-state index in [1.807, 2.05) is 6.92 Å². The molecular formula is C22H21ClN3O6S-. The number of alkyl halides is 1. The van der Waals surface area contributed by atoms with Crippen LogP contribution in [0.15, 0.2) is 41.3 Å². The molecule has 1 heterocycles. The fourth-order valence-corrected chi connectivity index (χ4v) is 7.04. The van der Waals surface area contributed by atoms with Crippen LogP contribution in [-0.4, -0.2) is 32.5 Å². The molecule has 1 saturated carbocycles. The summed E-state index contributed by atoms with van der Waals surface area (Å²) in [6.07, 6.45) is 2.13. The number of hydrogen-bond acceptors (Lipinski definition) is 8. The Labute approximate surface area is 198 Å². The topological polar surface area (TPSA) is 138 Å². The quantitative estimate of drug-likeness (QED) is 0.343. The van der Waals surface area contributed by atoms with E-state index in [9.17, 15) is 30.1 Å². The third-order valence-electron chi connectivity index (χ3n) is 6.42. The first kappa shape index (κ1) is 23.3. The lowest BCUT2D eigenvalue weighted by atomic mass is 9.76. The smallest absolute Gasteiger partial charge is 0.282 e. The molecule has 4 rings (SSSR count). The van der Waals surface area contributed by atoms with Gasteiger partial charge < -0.3 is 15.2 Å². The second kappa shape index (κ2) is 9.18. The standard InChI is InChI=1S/C22H22ClN3O6S/c1-2-5-13-12-10-17(33-16-7-4-3-6-14(16)25(29)30)20(23)18(12)19-15(26(31)32)9-8-11(22(27)28)21(19)24-13/h3-4,6-9,12-13,17-18,20,24H,2,5,10H2,1H3,(H,27,28)/p-1/t12-,13-,17-,18+,20-/m0/s1. The Morgan fingerprint density at radius 1 is 1.15 bits per heavy atom. The summed E-state index contributed by atoms with van der Waals surface area (Å²) in [6.45, 7) is 2.01. The minimum Gasteiger partial charge on any atom is -0.545 e. The number of nitrogens with one attached hydrogen (secondary N) is 1. The van der Waals surface area contributed by atoms with Crippen molar-refractivity contribution >= 4 is 46.4 Å². The molecule has 0 amide bonds. The van der Waals surface area contributed by atoms with Gasteiger partial charge in [-0.3, -0.25) is 20.2 Å². The lowest BCUT2D eigenvalue weighted by Gasteiger charge is -2.38. The maximum Gasteiger partial charge on any atom is 0.282 e. The van der Waals surface area contributed by atoms with Crippen LogP contribution in [0.25, 0.3) is 0 Å². The van der Waals surface area contributed by atoms with Crippen molar-refractivity contribution < 1.29 is 19.7 Å². The van der Waals surface area contributed by atoms with E-state index < -0.39 is 27.1 Å². The van der Waals surface area contributed by atoms with Gasteiger partial charge in [-0.05, 0) is 30.9 Å². The minimum atomic E-state index is -1.42. The monoisotopic (exact) mass is 490 g/mol. The van der Waals surface area contributed by atoms with Gasteiger partial charge in [-0.1, -0.05) is 25.5 Å². The van der Waals surface area contributed by atoms with Crippen LogP contribution >= 0.6 is 23.4 Å². The normalized spacial score (nSPS) is 25.6. The average molecular weight is 491 g/mol. The number of nitro benzene ring substituents is 2. The highest BCUT2D eigenvalue weighted by Gasteiger charge is 2.52. The molecule has 0 unspecified atom stereocenters. The lowest BCUT2D eigenvalue weighted by Crippen LogP contribution is -2.39. The van der Waals surface area contributed by atoms with Crippen molar-refractivity contribution in [3.05, 3.63) is 67.8 Å². The van der Waals surface area contributed by atoms with Gasteiger partial charge in [-0.2, -0.15) is 0 Å². The van der Waals surface area contributed by atoms with E-state index in [1.54, 1.807) is 18.2 Å². The molecule has 0 bridgehead atoms. The number of carbonyl (C=O) groups is 1. The number of anilines is 1. The summed E-state index contributed by atoms with van der Waals surface area (Å²) in [4.78, 5) is 34.6. The van der Waals surface area contributed by atoms with Crippen LogP contribution in [0.1, 0.15) is 48.0 Å². The van der Waals surface area contributed by atoms with Crippen molar-refractivity contribution in [3.8, 4) is 0 Å². The van der Waals surface area contributed by atoms with E-state index in [2.05, 4.69) is 5.32 Å². The highest BCUT2D eigenvalue weighted by atomic mass is 35.5. The van der Waals surface area contributed by atoms with Crippen molar-refractivity contribution in [1.82, 2.24) is 0 Å². The first-order valence-electron chi connectivity index (χ1n) is 10.6. The van der Waals surface area contributed by atoms with E-state index in [1.165, 1.54) is 30.0 Å². The molecule has 33 heavy (non-hydrogen) atoms. The molecule has 1 N–H and O–H groups in total. The molecule has 0 saturated heterocycles. The summed E-state index contributed by atoms with van der Waals surface area (Å²) >= 11 is 8.23. The van der Waals surface area contributed by atoms with Gasteiger partial charge in [0.1, 0.15) is 0 Å². The van der Waals surface area contributed by atoms with Gasteiger partial charge in [-0.15, -0.1) is 23.4 Å². The van der Waals surface area contributed by atoms with Crippen LogP contribution in [0.2, 0.25) is 0 Å². The van der Waals surface area contributed by atoms with Gasteiger partial charge >= 0.3 is 0 Å². The predicted octanol–water partition coefficient (Wildman–Crippen LogP) is 4.33. The number of halogens is 1. The molecule has 2 aliphatic rings. The Kier molecular flexibility index (Phi) is 6.49. The fraction of sp³-hybridized carbons (Fsp3) is 0.409. The third kappa shape index (κ3) is 4.13. The molecule has 0 aromatic heterocycles. The molecule has 2 aromatic carbocycles. The number of aromatic carboxylic acids is 1. The van der Waals surface area contributed by atoms with E-state index in [0.29, 0.717) is 11.3 Å². The molecule has 5 atom stereocenters. The Balaban J connectivity index is 1.80. The molecule has 2 aromatic rings. The summed E-state index contributed by atoms with van der Waals surface area (Å²) in [5, 5.41) is 37.5. The van der Waals surface area contributed by atoms with Gasteiger partial charge in [0.2, 0.25) is 0 Å². The summed E-state index contributed by atoms with van der Waals surface area (Å²) in [5.41, 5.74) is 0.147. The second-order valence-corrected chi connectivity index (χ2v) is 10.0. The van der Waals surface area contributed by atoms with Crippen LogP contribution in [0.3, 0.4) is 0 Å². The summed E-state index contributed by atoms with van der Waals surface area (Å²) in [7, 11) is 0. The van der Waals surface area contributed by atoms with Gasteiger partial charge in [0.15, 0.2) is 0 Å². The number of carbonyl (C=O) groups excluding carboxylic acids is 1.